The molecule has 0 heterocycles. The Morgan fingerprint density at radius 2 is 2.07 bits per heavy atom. The van der Waals surface area contributed by atoms with E-state index in [0.29, 0.717) is 0 Å². The molecule has 1 N–H and O–H groups in total. The van der Waals surface area contributed by atoms with E-state index in [1.54, 1.807) is 26.2 Å². The average Bonchev–Trinajstić information content (AvgIpc) is 2.18. The highest BCUT2D eigenvalue weighted by atomic mass is 19.1. The van der Waals surface area contributed by atoms with E-state index in [1.165, 1.54) is 17.0 Å². The van der Waals surface area contributed by atoms with Crippen LogP contribution in [-0.2, 0) is 4.79 Å². The van der Waals surface area contributed by atoms with Crippen LogP contribution in [0, 0.1) is 5.82 Å². The summed E-state index contributed by atoms with van der Waals surface area (Å²) in [6.45, 7) is 0. The summed E-state index contributed by atoms with van der Waals surface area (Å²) in [6, 6.07) is 5.91. The fourth-order valence-electron chi connectivity index (χ4n) is 1.20. The Kier molecular flexibility index (Phi) is 3.80. The molecular weight excluding hydrogens is 197 g/mol. The molecule has 1 amide bonds. The molecule has 0 aliphatic rings. The van der Waals surface area contributed by atoms with Crippen LogP contribution in [0.5, 0.6) is 0 Å². The molecule has 0 aromatic heterocycles. The number of aliphatic hydroxyl groups excluding tert-OH is 1. The topological polar surface area (TPSA) is 40.5 Å². The number of carbonyl (C=O) groups is 1. The van der Waals surface area contributed by atoms with Gasteiger partial charge in [-0.2, -0.15) is 0 Å². The predicted octanol–water partition coefficient (Wildman–Crippen LogP) is 1.34. The van der Waals surface area contributed by atoms with E-state index in [2.05, 4.69) is 0 Å². The van der Waals surface area contributed by atoms with E-state index in [-0.39, 0.29) is 17.9 Å². The molecule has 0 bridgehead atoms. The molecule has 82 valence electrons. The number of hydrogen-bond donors (Lipinski definition) is 1. The first-order valence-electron chi connectivity index (χ1n) is 4.65. The SMILES string of the molecule is CN(C)C(=O)CC(O)c1ccccc1F. The van der Waals surface area contributed by atoms with E-state index in [4.69, 9.17) is 0 Å². The number of rotatable bonds is 3. The van der Waals surface area contributed by atoms with Gasteiger partial charge in [-0.25, -0.2) is 4.39 Å². The zero-order chi connectivity index (χ0) is 11.4. The van der Waals surface area contributed by atoms with Crippen LogP contribution in [0.2, 0.25) is 0 Å². The van der Waals surface area contributed by atoms with Gasteiger partial charge in [0, 0.05) is 19.7 Å². The van der Waals surface area contributed by atoms with Gasteiger partial charge in [0.05, 0.1) is 12.5 Å². The van der Waals surface area contributed by atoms with Crippen LogP contribution in [0.1, 0.15) is 18.1 Å². The smallest absolute Gasteiger partial charge is 0.225 e. The Morgan fingerprint density at radius 3 is 2.60 bits per heavy atom. The summed E-state index contributed by atoms with van der Waals surface area (Å²) in [5.41, 5.74) is 0.160. The molecule has 0 fully saturated rings. The van der Waals surface area contributed by atoms with E-state index in [0.717, 1.165) is 0 Å². The second-order valence-corrected chi connectivity index (χ2v) is 3.53. The van der Waals surface area contributed by atoms with Crippen molar-refractivity contribution < 1.29 is 14.3 Å². The van der Waals surface area contributed by atoms with Crippen LogP contribution in [-0.4, -0.2) is 30.0 Å². The number of hydrogen-bond acceptors (Lipinski definition) is 2. The van der Waals surface area contributed by atoms with Crippen LogP contribution in [0.15, 0.2) is 24.3 Å². The molecule has 1 aromatic carbocycles. The van der Waals surface area contributed by atoms with E-state index < -0.39 is 11.9 Å². The van der Waals surface area contributed by atoms with Gasteiger partial charge in [0.15, 0.2) is 0 Å². The molecule has 1 rings (SSSR count). The maximum atomic E-state index is 13.2. The molecule has 15 heavy (non-hydrogen) atoms. The van der Waals surface area contributed by atoms with Crippen molar-refractivity contribution in [1.29, 1.82) is 0 Å². The monoisotopic (exact) mass is 211 g/mol. The highest BCUT2D eigenvalue weighted by Gasteiger charge is 2.16. The quantitative estimate of drug-likeness (QED) is 0.819. The van der Waals surface area contributed by atoms with Gasteiger partial charge in [-0.1, -0.05) is 18.2 Å². The number of amides is 1. The first-order chi connectivity index (χ1) is 7.02. The molecule has 4 heteroatoms. The first kappa shape index (κ1) is 11.7. The van der Waals surface area contributed by atoms with E-state index >= 15 is 0 Å². The fourth-order valence-corrected chi connectivity index (χ4v) is 1.20. The van der Waals surface area contributed by atoms with Crippen molar-refractivity contribution in [1.82, 2.24) is 4.90 Å². The summed E-state index contributed by atoms with van der Waals surface area (Å²) in [4.78, 5) is 12.6. The Hall–Kier alpha value is -1.42. The van der Waals surface area contributed by atoms with Crippen molar-refractivity contribution >= 4 is 5.91 Å². The van der Waals surface area contributed by atoms with Gasteiger partial charge in [0.25, 0.3) is 0 Å². The van der Waals surface area contributed by atoms with Crippen LogP contribution < -0.4 is 0 Å². The lowest BCUT2D eigenvalue weighted by molar-refractivity contribution is -0.130. The number of nitrogens with zero attached hydrogens (tertiary/aromatic N) is 1. The van der Waals surface area contributed by atoms with Crippen molar-refractivity contribution in [3.63, 3.8) is 0 Å². The first-order valence-corrected chi connectivity index (χ1v) is 4.65. The summed E-state index contributed by atoms with van der Waals surface area (Å²) in [5, 5.41) is 9.63. The molecule has 0 spiro atoms. The lowest BCUT2D eigenvalue weighted by Gasteiger charge is -2.15. The van der Waals surface area contributed by atoms with Crippen molar-refractivity contribution in [3.8, 4) is 0 Å². The van der Waals surface area contributed by atoms with Gasteiger partial charge < -0.3 is 10.0 Å². The predicted molar refractivity (Wildman–Crippen MR) is 54.7 cm³/mol. The summed E-state index contributed by atoms with van der Waals surface area (Å²) >= 11 is 0. The minimum atomic E-state index is -1.08. The van der Waals surface area contributed by atoms with Gasteiger partial charge in [0.2, 0.25) is 5.91 Å². The zero-order valence-corrected chi connectivity index (χ0v) is 8.77. The molecule has 1 unspecified atom stereocenters. The molecule has 1 aromatic rings. The lowest BCUT2D eigenvalue weighted by Crippen LogP contribution is -2.23. The normalized spacial score (nSPS) is 12.3. The second kappa shape index (κ2) is 4.89. The van der Waals surface area contributed by atoms with Gasteiger partial charge in [-0.05, 0) is 6.07 Å². The molecular formula is C11H14FNO2. The minimum Gasteiger partial charge on any atom is -0.388 e. The summed E-state index contributed by atoms with van der Waals surface area (Å²) in [7, 11) is 3.19. The van der Waals surface area contributed by atoms with Crippen molar-refractivity contribution in [2.45, 2.75) is 12.5 Å². The van der Waals surface area contributed by atoms with Gasteiger partial charge >= 0.3 is 0 Å². The van der Waals surface area contributed by atoms with Crippen LogP contribution in [0.25, 0.3) is 0 Å². The molecule has 0 saturated heterocycles. The van der Waals surface area contributed by atoms with Crippen molar-refractivity contribution in [3.05, 3.63) is 35.6 Å². The minimum absolute atomic E-state index is 0.103. The van der Waals surface area contributed by atoms with Crippen LogP contribution in [0.4, 0.5) is 4.39 Å². The van der Waals surface area contributed by atoms with Gasteiger partial charge in [-0.3, -0.25) is 4.79 Å². The van der Waals surface area contributed by atoms with Gasteiger partial charge in [-0.15, -0.1) is 0 Å². The van der Waals surface area contributed by atoms with Crippen LogP contribution >= 0.6 is 0 Å². The average molecular weight is 211 g/mol. The number of carbonyl (C=O) groups excluding carboxylic acids is 1. The van der Waals surface area contributed by atoms with Crippen molar-refractivity contribution in [2.75, 3.05) is 14.1 Å². The van der Waals surface area contributed by atoms with Gasteiger partial charge in [0.1, 0.15) is 5.82 Å². The molecule has 0 aliphatic carbocycles. The highest BCUT2D eigenvalue weighted by Crippen LogP contribution is 2.19. The fraction of sp³-hybridized carbons (Fsp3) is 0.364. The Morgan fingerprint density at radius 1 is 1.47 bits per heavy atom. The molecule has 3 nitrogen and oxygen atoms in total. The van der Waals surface area contributed by atoms with Crippen molar-refractivity contribution in [2.24, 2.45) is 0 Å². The Bertz CT molecular complexity index is 352. The summed E-state index contributed by atoms with van der Waals surface area (Å²) in [6.07, 6.45) is -1.19. The number of aliphatic hydroxyl groups is 1. The number of benzene rings is 1. The highest BCUT2D eigenvalue weighted by molar-refractivity contribution is 5.76. The summed E-state index contributed by atoms with van der Waals surface area (Å²) in [5.74, 6) is -0.720. The summed E-state index contributed by atoms with van der Waals surface area (Å²) < 4.78 is 13.2. The molecule has 0 saturated carbocycles. The third kappa shape index (κ3) is 3.02. The van der Waals surface area contributed by atoms with Crippen LogP contribution in [0.3, 0.4) is 0 Å². The number of halogens is 1. The lowest BCUT2D eigenvalue weighted by atomic mass is 10.1. The maximum Gasteiger partial charge on any atom is 0.225 e. The second-order valence-electron chi connectivity index (χ2n) is 3.53. The van der Waals surface area contributed by atoms with E-state index in [9.17, 15) is 14.3 Å². The maximum absolute atomic E-state index is 13.2. The van der Waals surface area contributed by atoms with E-state index in [1.807, 2.05) is 0 Å². The zero-order valence-electron chi connectivity index (χ0n) is 8.77. The third-order valence-electron chi connectivity index (χ3n) is 2.13. The third-order valence-corrected chi connectivity index (χ3v) is 2.13. The largest absolute Gasteiger partial charge is 0.388 e. The molecule has 0 radical (unpaired) electrons. The standard InChI is InChI=1S/C11H14FNO2/c1-13(2)11(15)7-10(14)8-5-3-4-6-9(8)12/h3-6,10,14H,7H2,1-2H3. The molecule has 1 atom stereocenters. The Balaban J connectivity index is 2.73. The Labute approximate surface area is 88.1 Å². The molecule has 0 aliphatic heterocycles.